The normalized spacial score (nSPS) is 23.8. The summed E-state index contributed by atoms with van der Waals surface area (Å²) >= 11 is 0. The Morgan fingerprint density at radius 2 is 1.94 bits per heavy atom. The first-order chi connectivity index (χ1) is 8.58. The number of benzene rings is 1. The van der Waals surface area contributed by atoms with Crippen LogP contribution in [0.3, 0.4) is 0 Å². The first-order valence-electron chi connectivity index (χ1n) is 6.34. The van der Waals surface area contributed by atoms with Gasteiger partial charge >= 0.3 is 0 Å². The molecule has 1 saturated carbocycles. The molecule has 2 rings (SSSR count). The van der Waals surface area contributed by atoms with Gasteiger partial charge in [-0.2, -0.15) is 0 Å². The summed E-state index contributed by atoms with van der Waals surface area (Å²) in [5.41, 5.74) is 0.145. The molecule has 1 fully saturated rings. The van der Waals surface area contributed by atoms with Crippen molar-refractivity contribution in [3.8, 4) is 5.75 Å². The molecular formula is C14H19F2NO. The van der Waals surface area contributed by atoms with Crippen molar-refractivity contribution in [2.24, 2.45) is 11.8 Å². The van der Waals surface area contributed by atoms with E-state index < -0.39 is 11.6 Å². The minimum Gasteiger partial charge on any atom is -0.497 e. The predicted octanol–water partition coefficient (Wildman–Crippen LogP) is 3.28. The molecule has 1 aliphatic rings. The highest BCUT2D eigenvalue weighted by Crippen LogP contribution is 2.48. The van der Waals surface area contributed by atoms with Crippen molar-refractivity contribution in [2.45, 2.75) is 26.3 Å². The molecular weight excluding hydrogens is 236 g/mol. The number of hydrogen-bond donors (Lipinski definition) is 1. The fraction of sp³-hybridized carbons (Fsp3) is 0.571. The van der Waals surface area contributed by atoms with E-state index in [-0.39, 0.29) is 17.4 Å². The van der Waals surface area contributed by atoms with E-state index in [9.17, 15) is 8.78 Å². The van der Waals surface area contributed by atoms with E-state index in [1.807, 2.05) is 6.92 Å². The van der Waals surface area contributed by atoms with E-state index >= 15 is 0 Å². The molecule has 1 aromatic carbocycles. The van der Waals surface area contributed by atoms with Gasteiger partial charge in [0.05, 0.1) is 7.11 Å². The third-order valence-corrected chi connectivity index (χ3v) is 3.62. The molecule has 0 aliphatic heterocycles. The van der Waals surface area contributed by atoms with Crippen molar-refractivity contribution in [2.75, 3.05) is 13.7 Å². The lowest BCUT2D eigenvalue weighted by Gasteiger charge is -2.20. The average molecular weight is 255 g/mol. The summed E-state index contributed by atoms with van der Waals surface area (Å²) in [6.07, 6.45) is 1.02. The predicted molar refractivity (Wildman–Crippen MR) is 66.6 cm³/mol. The second kappa shape index (κ2) is 5.22. The number of nitrogens with one attached hydrogen (secondary N) is 1. The molecule has 0 bridgehead atoms. The summed E-state index contributed by atoms with van der Waals surface area (Å²) in [5.74, 6) is -0.000981. The lowest BCUT2D eigenvalue weighted by atomic mass is 9.99. The van der Waals surface area contributed by atoms with Crippen LogP contribution in [0, 0.1) is 23.5 Å². The molecule has 1 aromatic rings. The first kappa shape index (κ1) is 13.3. The number of hydrogen-bond acceptors (Lipinski definition) is 2. The molecule has 0 heterocycles. The highest BCUT2D eigenvalue weighted by molar-refractivity contribution is 5.33. The van der Waals surface area contributed by atoms with Crippen LogP contribution in [0.2, 0.25) is 0 Å². The van der Waals surface area contributed by atoms with E-state index in [4.69, 9.17) is 4.74 Å². The lowest BCUT2D eigenvalue weighted by molar-refractivity contribution is 0.393. The maximum atomic E-state index is 14.0. The summed E-state index contributed by atoms with van der Waals surface area (Å²) in [5, 5.41) is 3.19. The lowest BCUT2D eigenvalue weighted by Crippen LogP contribution is -2.25. The Balaban J connectivity index is 2.35. The van der Waals surface area contributed by atoms with Crippen LogP contribution < -0.4 is 10.1 Å². The summed E-state index contributed by atoms with van der Waals surface area (Å²) in [7, 11) is 1.40. The van der Waals surface area contributed by atoms with Gasteiger partial charge in [-0.15, -0.1) is 0 Å². The molecule has 1 aliphatic carbocycles. The second-order valence-corrected chi connectivity index (χ2v) is 4.92. The number of halogens is 2. The van der Waals surface area contributed by atoms with Gasteiger partial charge in [0.1, 0.15) is 17.4 Å². The van der Waals surface area contributed by atoms with Crippen LogP contribution in [0.15, 0.2) is 12.1 Å². The zero-order valence-corrected chi connectivity index (χ0v) is 11.0. The Kier molecular flexibility index (Phi) is 3.85. The Labute approximate surface area is 106 Å². The van der Waals surface area contributed by atoms with Crippen molar-refractivity contribution in [1.82, 2.24) is 5.32 Å². The molecule has 0 saturated heterocycles. The zero-order chi connectivity index (χ0) is 13.3. The van der Waals surface area contributed by atoms with Gasteiger partial charge in [-0.1, -0.05) is 13.8 Å². The number of rotatable bonds is 5. The van der Waals surface area contributed by atoms with Crippen LogP contribution >= 0.6 is 0 Å². The number of ether oxygens (including phenoxy) is 1. The van der Waals surface area contributed by atoms with Gasteiger partial charge < -0.3 is 10.1 Å². The first-order valence-corrected chi connectivity index (χ1v) is 6.34. The quantitative estimate of drug-likeness (QED) is 0.871. The maximum absolute atomic E-state index is 14.0. The van der Waals surface area contributed by atoms with Crippen molar-refractivity contribution in [1.29, 1.82) is 0 Å². The van der Waals surface area contributed by atoms with Gasteiger partial charge in [0.15, 0.2) is 0 Å². The molecule has 0 radical (unpaired) electrons. The zero-order valence-electron chi connectivity index (χ0n) is 11.0. The molecule has 100 valence electrons. The van der Waals surface area contributed by atoms with E-state index in [1.165, 1.54) is 19.2 Å². The highest BCUT2D eigenvalue weighted by Gasteiger charge is 2.41. The SMILES string of the molecule is CCNC(c1c(F)cc(OC)cc1F)C1CC1C. The van der Waals surface area contributed by atoms with Crippen molar-refractivity contribution < 1.29 is 13.5 Å². The van der Waals surface area contributed by atoms with Crippen LogP contribution in [0.25, 0.3) is 0 Å². The molecule has 1 N–H and O–H groups in total. The minimum atomic E-state index is -0.531. The monoisotopic (exact) mass is 255 g/mol. The standard InChI is InChI=1S/C14H19F2NO/c1-4-17-14(10-5-8(10)2)13-11(15)6-9(18-3)7-12(13)16/h6-8,10,14,17H,4-5H2,1-3H3. The molecule has 18 heavy (non-hydrogen) atoms. The Morgan fingerprint density at radius 1 is 1.39 bits per heavy atom. The van der Waals surface area contributed by atoms with Crippen molar-refractivity contribution in [3.63, 3.8) is 0 Å². The van der Waals surface area contributed by atoms with E-state index in [0.29, 0.717) is 18.4 Å². The van der Waals surface area contributed by atoms with Crippen LogP contribution in [0.1, 0.15) is 31.9 Å². The second-order valence-electron chi connectivity index (χ2n) is 4.92. The van der Waals surface area contributed by atoms with Crippen LogP contribution in [0.4, 0.5) is 8.78 Å². The van der Waals surface area contributed by atoms with Gasteiger partial charge in [0.2, 0.25) is 0 Å². The minimum absolute atomic E-state index is 0.145. The van der Waals surface area contributed by atoms with E-state index in [2.05, 4.69) is 12.2 Å². The third-order valence-electron chi connectivity index (χ3n) is 3.62. The Bertz CT molecular complexity index is 413. The van der Waals surface area contributed by atoms with E-state index in [0.717, 1.165) is 6.42 Å². The van der Waals surface area contributed by atoms with Crippen LogP contribution in [0.5, 0.6) is 5.75 Å². The molecule has 2 nitrogen and oxygen atoms in total. The summed E-state index contributed by atoms with van der Waals surface area (Å²) < 4.78 is 32.9. The topological polar surface area (TPSA) is 21.3 Å². The summed E-state index contributed by atoms with van der Waals surface area (Å²) in [6, 6.07) is 2.25. The van der Waals surface area contributed by atoms with Crippen LogP contribution in [-0.2, 0) is 0 Å². The average Bonchev–Trinajstić information content (AvgIpc) is 3.04. The number of methoxy groups -OCH3 is 1. The van der Waals surface area contributed by atoms with Crippen molar-refractivity contribution >= 4 is 0 Å². The van der Waals surface area contributed by atoms with Gasteiger partial charge in [0.25, 0.3) is 0 Å². The fourth-order valence-electron chi connectivity index (χ4n) is 2.48. The van der Waals surface area contributed by atoms with Gasteiger partial charge in [-0.25, -0.2) is 8.78 Å². The molecule has 0 aromatic heterocycles. The van der Waals surface area contributed by atoms with Gasteiger partial charge in [-0.3, -0.25) is 0 Å². The van der Waals surface area contributed by atoms with Gasteiger partial charge in [0, 0.05) is 23.7 Å². The van der Waals surface area contributed by atoms with Crippen molar-refractivity contribution in [3.05, 3.63) is 29.3 Å². The highest BCUT2D eigenvalue weighted by atomic mass is 19.1. The molecule has 4 heteroatoms. The molecule has 3 unspecified atom stereocenters. The largest absolute Gasteiger partial charge is 0.497 e. The van der Waals surface area contributed by atoms with Gasteiger partial charge in [-0.05, 0) is 24.8 Å². The molecule has 0 amide bonds. The molecule has 3 atom stereocenters. The maximum Gasteiger partial charge on any atom is 0.134 e. The summed E-state index contributed by atoms with van der Waals surface area (Å²) in [4.78, 5) is 0. The molecule has 0 spiro atoms. The third kappa shape index (κ3) is 2.48. The summed E-state index contributed by atoms with van der Waals surface area (Å²) in [6.45, 7) is 4.74. The fourth-order valence-corrected chi connectivity index (χ4v) is 2.48. The Hall–Kier alpha value is -1.16. The van der Waals surface area contributed by atoms with Crippen LogP contribution in [-0.4, -0.2) is 13.7 Å². The smallest absolute Gasteiger partial charge is 0.134 e. The Morgan fingerprint density at radius 3 is 2.33 bits per heavy atom. The van der Waals surface area contributed by atoms with E-state index in [1.54, 1.807) is 0 Å².